The van der Waals surface area contributed by atoms with Crippen LogP contribution in [-0.4, -0.2) is 19.1 Å². The van der Waals surface area contributed by atoms with Gasteiger partial charge in [0, 0.05) is 7.11 Å². The largest absolute Gasteiger partial charge is 0.372 e. The summed E-state index contributed by atoms with van der Waals surface area (Å²) in [6.07, 6.45) is 6.48. The van der Waals surface area contributed by atoms with Crippen LogP contribution >= 0.6 is 0 Å². The van der Waals surface area contributed by atoms with Gasteiger partial charge in [0.2, 0.25) is 5.91 Å². The molecule has 1 unspecified atom stereocenters. The second-order valence-corrected chi connectivity index (χ2v) is 3.73. The van der Waals surface area contributed by atoms with Crippen molar-refractivity contribution < 1.29 is 9.53 Å². The summed E-state index contributed by atoms with van der Waals surface area (Å²) in [5, 5.41) is 0. The molecule has 0 rings (SSSR count). The molecule has 1 amide bonds. The van der Waals surface area contributed by atoms with E-state index < -0.39 is 6.10 Å². The molecule has 0 aromatic carbocycles. The number of hydrogen-bond acceptors (Lipinski definition) is 2. The topological polar surface area (TPSA) is 52.3 Å². The molecule has 2 N–H and O–H groups in total. The lowest BCUT2D eigenvalue weighted by Gasteiger charge is -2.09. The number of carbonyl (C=O) groups is 1. The normalized spacial score (nSPS) is 13.7. The minimum Gasteiger partial charge on any atom is -0.372 e. The molecule has 0 bridgehead atoms. The molecule has 0 spiro atoms. The van der Waals surface area contributed by atoms with Gasteiger partial charge in [-0.1, -0.05) is 26.0 Å². The third-order valence-corrected chi connectivity index (χ3v) is 1.96. The highest BCUT2D eigenvalue weighted by atomic mass is 16.5. The molecular weight excluding hydrogens is 178 g/mol. The summed E-state index contributed by atoms with van der Waals surface area (Å²) in [4.78, 5) is 10.8. The van der Waals surface area contributed by atoms with Crippen LogP contribution in [0.5, 0.6) is 0 Å². The Hall–Kier alpha value is -0.830. The van der Waals surface area contributed by atoms with E-state index in [1.807, 2.05) is 0 Å². The van der Waals surface area contributed by atoms with Crippen LogP contribution in [0.4, 0.5) is 0 Å². The van der Waals surface area contributed by atoms with E-state index in [1.165, 1.54) is 7.11 Å². The Kier molecular flexibility index (Phi) is 7.11. The zero-order chi connectivity index (χ0) is 11.0. The Bertz CT molecular complexity index is 188. The first-order chi connectivity index (χ1) is 6.57. The molecule has 0 saturated carbocycles. The van der Waals surface area contributed by atoms with Crippen molar-refractivity contribution in [2.24, 2.45) is 11.7 Å². The maximum absolute atomic E-state index is 10.8. The molecule has 0 fully saturated rings. The van der Waals surface area contributed by atoms with Gasteiger partial charge >= 0.3 is 0 Å². The summed E-state index contributed by atoms with van der Waals surface area (Å²) in [6, 6.07) is 0. The summed E-state index contributed by atoms with van der Waals surface area (Å²) >= 11 is 0. The van der Waals surface area contributed by atoms with Crippen molar-refractivity contribution in [2.75, 3.05) is 7.11 Å². The van der Waals surface area contributed by atoms with Crippen molar-refractivity contribution in [1.82, 2.24) is 0 Å². The number of hydrogen-bond donors (Lipinski definition) is 1. The highest BCUT2D eigenvalue weighted by Crippen LogP contribution is 2.05. The Morgan fingerprint density at radius 1 is 1.50 bits per heavy atom. The summed E-state index contributed by atoms with van der Waals surface area (Å²) in [7, 11) is 1.51. The average molecular weight is 199 g/mol. The van der Waals surface area contributed by atoms with E-state index in [-0.39, 0.29) is 5.91 Å². The van der Waals surface area contributed by atoms with Crippen molar-refractivity contribution in [3.63, 3.8) is 0 Å². The van der Waals surface area contributed by atoms with Gasteiger partial charge in [0.15, 0.2) is 0 Å². The summed E-state index contributed by atoms with van der Waals surface area (Å²) in [5.74, 6) is 0.213. The average Bonchev–Trinajstić information content (AvgIpc) is 2.10. The Balaban J connectivity index is 3.57. The van der Waals surface area contributed by atoms with Crippen molar-refractivity contribution >= 4 is 5.91 Å². The highest BCUT2D eigenvalue weighted by Gasteiger charge is 2.12. The molecule has 0 aliphatic carbocycles. The van der Waals surface area contributed by atoms with Crippen LogP contribution in [0.1, 0.15) is 33.1 Å². The van der Waals surface area contributed by atoms with Crippen molar-refractivity contribution in [2.45, 2.75) is 39.2 Å². The molecule has 14 heavy (non-hydrogen) atoms. The van der Waals surface area contributed by atoms with Crippen LogP contribution in [0.15, 0.2) is 12.2 Å². The zero-order valence-corrected chi connectivity index (χ0v) is 9.32. The van der Waals surface area contributed by atoms with Gasteiger partial charge in [-0.2, -0.15) is 0 Å². The van der Waals surface area contributed by atoms with E-state index in [4.69, 9.17) is 10.5 Å². The monoisotopic (exact) mass is 199 g/mol. The smallest absolute Gasteiger partial charge is 0.246 e. The fourth-order valence-corrected chi connectivity index (χ4v) is 1.17. The predicted molar refractivity (Wildman–Crippen MR) is 57.8 cm³/mol. The molecule has 0 aliphatic rings. The van der Waals surface area contributed by atoms with Gasteiger partial charge in [-0.3, -0.25) is 4.79 Å². The van der Waals surface area contributed by atoms with E-state index in [0.29, 0.717) is 12.3 Å². The standard InChI is InChI=1S/C11H21NO2/c1-9(2)7-5-4-6-8-10(14-3)11(12)13/h5,7,9-10H,4,6,8H2,1-3H3,(H2,12,13)/b7-5+. The minimum atomic E-state index is -0.428. The van der Waals surface area contributed by atoms with Crippen molar-refractivity contribution in [1.29, 1.82) is 0 Å². The third-order valence-electron chi connectivity index (χ3n) is 1.96. The lowest BCUT2D eigenvalue weighted by atomic mass is 10.1. The van der Waals surface area contributed by atoms with Gasteiger partial charge in [-0.25, -0.2) is 0 Å². The van der Waals surface area contributed by atoms with Gasteiger partial charge in [0.1, 0.15) is 6.10 Å². The molecule has 3 nitrogen and oxygen atoms in total. The molecule has 0 aromatic heterocycles. The number of ether oxygens (including phenoxy) is 1. The second kappa shape index (κ2) is 7.56. The van der Waals surface area contributed by atoms with Gasteiger partial charge in [0.25, 0.3) is 0 Å². The number of unbranched alkanes of at least 4 members (excludes halogenated alkanes) is 1. The van der Waals surface area contributed by atoms with Crippen LogP contribution in [0.2, 0.25) is 0 Å². The number of carbonyl (C=O) groups excluding carboxylic acids is 1. The van der Waals surface area contributed by atoms with Crippen LogP contribution in [0.25, 0.3) is 0 Å². The predicted octanol–water partition coefficient (Wildman–Crippen LogP) is 1.87. The molecule has 3 heteroatoms. The molecular formula is C11H21NO2. The first-order valence-electron chi connectivity index (χ1n) is 5.06. The van der Waals surface area contributed by atoms with Crippen molar-refractivity contribution in [3.8, 4) is 0 Å². The summed E-state index contributed by atoms with van der Waals surface area (Å²) in [5.41, 5.74) is 5.13. The Morgan fingerprint density at radius 2 is 2.14 bits per heavy atom. The lowest BCUT2D eigenvalue weighted by Crippen LogP contribution is -2.29. The maximum Gasteiger partial charge on any atom is 0.246 e. The molecule has 1 atom stereocenters. The molecule has 82 valence electrons. The van der Waals surface area contributed by atoms with E-state index in [9.17, 15) is 4.79 Å². The second-order valence-electron chi connectivity index (χ2n) is 3.73. The quantitative estimate of drug-likeness (QED) is 0.502. The van der Waals surface area contributed by atoms with E-state index in [0.717, 1.165) is 12.8 Å². The van der Waals surface area contributed by atoms with Crippen LogP contribution in [0, 0.1) is 5.92 Å². The van der Waals surface area contributed by atoms with Crippen LogP contribution < -0.4 is 5.73 Å². The number of methoxy groups -OCH3 is 1. The van der Waals surface area contributed by atoms with Crippen molar-refractivity contribution in [3.05, 3.63) is 12.2 Å². The highest BCUT2D eigenvalue weighted by molar-refractivity contribution is 5.78. The van der Waals surface area contributed by atoms with E-state index in [2.05, 4.69) is 26.0 Å². The number of amides is 1. The van der Waals surface area contributed by atoms with Gasteiger partial charge in [-0.05, 0) is 25.2 Å². The lowest BCUT2D eigenvalue weighted by molar-refractivity contribution is -0.128. The van der Waals surface area contributed by atoms with Crippen LogP contribution in [-0.2, 0) is 9.53 Å². The Morgan fingerprint density at radius 3 is 2.57 bits per heavy atom. The molecule has 0 radical (unpaired) electrons. The Labute approximate surface area is 86.3 Å². The molecule has 0 saturated heterocycles. The molecule has 0 aliphatic heterocycles. The molecule has 0 heterocycles. The minimum absolute atomic E-state index is 0.375. The van der Waals surface area contributed by atoms with Crippen LogP contribution in [0.3, 0.4) is 0 Å². The van der Waals surface area contributed by atoms with E-state index in [1.54, 1.807) is 0 Å². The fourth-order valence-electron chi connectivity index (χ4n) is 1.17. The number of allylic oxidation sites excluding steroid dienone is 2. The maximum atomic E-state index is 10.8. The first kappa shape index (κ1) is 13.2. The van der Waals surface area contributed by atoms with E-state index >= 15 is 0 Å². The van der Waals surface area contributed by atoms with Gasteiger partial charge < -0.3 is 10.5 Å². The fraction of sp³-hybridized carbons (Fsp3) is 0.727. The zero-order valence-electron chi connectivity index (χ0n) is 9.32. The van der Waals surface area contributed by atoms with Gasteiger partial charge in [0.05, 0.1) is 0 Å². The summed E-state index contributed by atoms with van der Waals surface area (Å²) in [6.45, 7) is 4.27. The number of rotatable bonds is 7. The summed E-state index contributed by atoms with van der Waals surface area (Å²) < 4.78 is 4.94. The SMILES string of the molecule is COC(CCC/C=C/C(C)C)C(N)=O. The van der Waals surface area contributed by atoms with Gasteiger partial charge in [-0.15, -0.1) is 0 Å². The first-order valence-corrected chi connectivity index (χ1v) is 5.06. The number of nitrogens with two attached hydrogens (primary N) is 1. The molecule has 0 aromatic rings. The third kappa shape index (κ3) is 6.66. The number of primary amides is 1.